The Morgan fingerprint density at radius 3 is 2.21 bits per heavy atom. The van der Waals surface area contributed by atoms with Crippen LogP contribution in [-0.2, 0) is 14.2 Å². The Morgan fingerprint density at radius 1 is 1.00 bits per heavy atom. The molecule has 5 atom stereocenters. The molecule has 0 aromatic heterocycles. The van der Waals surface area contributed by atoms with Gasteiger partial charge in [-0.05, 0) is 50.2 Å². The van der Waals surface area contributed by atoms with Gasteiger partial charge in [0.05, 0.1) is 24.8 Å². The van der Waals surface area contributed by atoms with Crippen molar-refractivity contribution >= 4 is 11.8 Å². The molecular weight excluding hydrogens is 430 g/mol. The van der Waals surface area contributed by atoms with Gasteiger partial charge in [0.25, 0.3) is 11.8 Å². The smallest absolute Gasteiger partial charge is 0.262 e. The Kier molecular flexibility index (Phi) is 5.37. The van der Waals surface area contributed by atoms with Gasteiger partial charge in [0.15, 0.2) is 5.79 Å². The topological polar surface area (TPSA) is 104 Å². The van der Waals surface area contributed by atoms with Crippen molar-refractivity contribution < 1.29 is 38.4 Å². The minimum absolute atomic E-state index is 0.159. The van der Waals surface area contributed by atoms with E-state index in [0.717, 1.165) is 4.90 Å². The third kappa shape index (κ3) is 3.76. The normalized spacial score (nSPS) is 30.5. The van der Waals surface area contributed by atoms with Crippen molar-refractivity contribution in [2.45, 2.75) is 50.3 Å². The van der Waals surface area contributed by atoms with E-state index >= 15 is 0 Å². The summed E-state index contributed by atoms with van der Waals surface area (Å²) >= 11 is 0. The average Bonchev–Trinajstić information content (AvgIpc) is 3.05. The summed E-state index contributed by atoms with van der Waals surface area (Å²) in [5, 5.41) is 11.4. The number of carbonyl (C=O) groups is 2. The molecule has 3 aliphatic rings. The standard InChI is InChI=1S/C24H25NO8/c1-24(2)30-12-17-20(33-24)19(26)18(23(32-17)31-14-10-8-13(29-3)9-11-14)25-21(27)15-6-4-5-7-16(15)22(25)28/h4-11,17-20,23,26H,12H2,1-3H3/t17-,18-,19-,20-,23-/m1/s1. The van der Waals surface area contributed by atoms with E-state index in [4.69, 9.17) is 23.7 Å². The maximum Gasteiger partial charge on any atom is 0.262 e. The average molecular weight is 455 g/mol. The van der Waals surface area contributed by atoms with Crippen molar-refractivity contribution in [2.75, 3.05) is 13.7 Å². The van der Waals surface area contributed by atoms with Crippen LogP contribution in [0.15, 0.2) is 48.5 Å². The highest BCUT2D eigenvalue weighted by molar-refractivity contribution is 6.21. The first-order chi connectivity index (χ1) is 15.8. The van der Waals surface area contributed by atoms with Gasteiger partial charge >= 0.3 is 0 Å². The molecule has 0 radical (unpaired) electrons. The molecule has 5 rings (SSSR count). The number of imide groups is 1. The summed E-state index contributed by atoms with van der Waals surface area (Å²) in [5.74, 6) is -0.930. The molecule has 0 unspecified atom stereocenters. The van der Waals surface area contributed by atoms with E-state index in [-0.39, 0.29) is 17.7 Å². The number of methoxy groups -OCH3 is 1. The molecule has 9 nitrogen and oxygen atoms in total. The first kappa shape index (κ1) is 21.8. The number of benzene rings is 2. The summed E-state index contributed by atoms with van der Waals surface area (Å²) in [4.78, 5) is 27.5. The summed E-state index contributed by atoms with van der Waals surface area (Å²) in [5.41, 5.74) is 0.543. The quantitative estimate of drug-likeness (QED) is 0.698. The summed E-state index contributed by atoms with van der Waals surface area (Å²) in [7, 11) is 1.56. The fourth-order valence-electron chi connectivity index (χ4n) is 4.47. The number of ether oxygens (including phenoxy) is 5. The lowest BCUT2D eigenvalue weighted by molar-refractivity contribution is -0.364. The van der Waals surface area contributed by atoms with Gasteiger partial charge in [0.2, 0.25) is 6.29 Å². The Hall–Kier alpha value is -2.98. The molecule has 9 heteroatoms. The van der Waals surface area contributed by atoms with Crippen LogP contribution in [0.5, 0.6) is 11.5 Å². The summed E-state index contributed by atoms with van der Waals surface area (Å²) in [6, 6.07) is 12.2. The van der Waals surface area contributed by atoms with Gasteiger partial charge in [-0.15, -0.1) is 0 Å². The lowest BCUT2D eigenvalue weighted by atomic mass is 9.94. The second kappa shape index (κ2) is 8.11. The van der Waals surface area contributed by atoms with Crippen molar-refractivity contribution in [3.8, 4) is 11.5 Å². The fourth-order valence-corrected chi connectivity index (χ4v) is 4.47. The number of aliphatic hydroxyl groups is 1. The minimum atomic E-state index is -1.27. The zero-order chi connectivity index (χ0) is 23.3. The van der Waals surface area contributed by atoms with Gasteiger partial charge in [-0.1, -0.05) is 12.1 Å². The maximum absolute atomic E-state index is 13.2. The molecule has 2 aromatic rings. The fraction of sp³-hybridized carbons (Fsp3) is 0.417. The molecule has 0 aliphatic carbocycles. The number of carbonyl (C=O) groups excluding carboxylic acids is 2. The summed E-state index contributed by atoms with van der Waals surface area (Å²) in [6.45, 7) is 3.62. The molecule has 1 N–H and O–H groups in total. The Labute approximate surface area is 190 Å². The molecule has 2 amide bonds. The monoisotopic (exact) mass is 455 g/mol. The molecule has 0 spiro atoms. The van der Waals surface area contributed by atoms with Crippen molar-refractivity contribution in [1.82, 2.24) is 4.90 Å². The van der Waals surface area contributed by atoms with Crippen LogP contribution in [0.4, 0.5) is 0 Å². The highest BCUT2D eigenvalue weighted by Gasteiger charge is 2.57. The van der Waals surface area contributed by atoms with E-state index < -0.39 is 48.2 Å². The largest absolute Gasteiger partial charge is 0.497 e. The van der Waals surface area contributed by atoms with E-state index in [9.17, 15) is 14.7 Å². The SMILES string of the molecule is COc1ccc(O[C@@H]2O[C@@H]3COC(C)(C)O[C@H]3[C@H](O)[C@H]2N2C(=O)c3ccccc3C2=O)cc1. The predicted molar refractivity (Wildman–Crippen MR) is 114 cm³/mol. The highest BCUT2D eigenvalue weighted by Crippen LogP contribution is 2.38. The third-order valence-corrected chi connectivity index (χ3v) is 6.09. The molecule has 0 saturated carbocycles. The third-order valence-electron chi connectivity index (χ3n) is 6.09. The van der Waals surface area contributed by atoms with Crippen LogP contribution in [0, 0.1) is 0 Å². The zero-order valence-electron chi connectivity index (χ0n) is 18.5. The summed E-state index contributed by atoms with van der Waals surface area (Å²) in [6.07, 6.45) is -3.89. The molecule has 2 aromatic carbocycles. The van der Waals surface area contributed by atoms with Crippen LogP contribution in [0.3, 0.4) is 0 Å². The first-order valence-electron chi connectivity index (χ1n) is 10.7. The van der Waals surface area contributed by atoms with Crippen molar-refractivity contribution in [3.05, 3.63) is 59.7 Å². The highest BCUT2D eigenvalue weighted by atomic mass is 16.8. The molecule has 33 heavy (non-hydrogen) atoms. The number of hydrogen-bond donors (Lipinski definition) is 1. The first-order valence-corrected chi connectivity index (χ1v) is 10.7. The molecule has 174 valence electrons. The number of rotatable bonds is 4. The number of fused-ring (bicyclic) bond motifs is 2. The van der Waals surface area contributed by atoms with Crippen LogP contribution < -0.4 is 9.47 Å². The van der Waals surface area contributed by atoms with Crippen LogP contribution in [0.1, 0.15) is 34.6 Å². The lowest BCUT2D eigenvalue weighted by Crippen LogP contribution is -2.69. The van der Waals surface area contributed by atoms with Crippen molar-refractivity contribution in [2.24, 2.45) is 0 Å². The van der Waals surface area contributed by atoms with Gasteiger partial charge in [0.1, 0.15) is 35.9 Å². The second-order valence-corrected chi connectivity index (χ2v) is 8.64. The van der Waals surface area contributed by atoms with Crippen LogP contribution in [-0.4, -0.2) is 72.0 Å². The van der Waals surface area contributed by atoms with Crippen molar-refractivity contribution in [1.29, 1.82) is 0 Å². The molecule has 2 saturated heterocycles. The molecule has 3 aliphatic heterocycles. The van der Waals surface area contributed by atoms with E-state index in [2.05, 4.69) is 0 Å². The predicted octanol–water partition coefficient (Wildman–Crippen LogP) is 1.98. The molecular formula is C24H25NO8. The van der Waals surface area contributed by atoms with E-state index in [1.165, 1.54) is 0 Å². The minimum Gasteiger partial charge on any atom is -0.497 e. The van der Waals surface area contributed by atoms with Gasteiger partial charge < -0.3 is 28.8 Å². The maximum atomic E-state index is 13.2. The van der Waals surface area contributed by atoms with E-state index in [0.29, 0.717) is 11.5 Å². The zero-order valence-corrected chi connectivity index (χ0v) is 18.5. The Bertz CT molecular complexity index is 1030. The summed E-state index contributed by atoms with van der Waals surface area (Å²) < 4.78 is 29.0. The van der Waals surface area contributed by atoms with E-state index in [1.807, 2.05) is 0 Å². The van der Waals surface area contributed by atoms with Crippen LogP contribution in [0.25, 0.3) is 0 Å². The second-order valence-electron chi connectivity index (χ2n) is 8.64. The number of nitrogens with zero attached hydrogens (tertiary/aromatic N) is 1. The lowest BCUT2D eigenvalue weighted by Gasteiger charge is -2.50. The van der Waals surface area contributed by atoms with Crippen LogP contribution in [0.2, 0.25) is 0 Å². The number of amides is 2. The van der Waals surface area contributed by atoms with Gasteiger partial charge in [-0.3, -0.25) is 14.5 Å². The number of aliphatic hydroxyl groups excluding tert-OH is 1. The Balaban J connectivity index is 1.50. The van der Waals surface area contributed by atoms with E-state index in [1.54, 1.807) is 69.5 Å². The van der Waals surface area contributed by atoms with Gasteiger partial charge in [-0.2, -0.15) is 0 Å². The van der Waals surface area contributed by atoms with Gasteiger partial charge in [-0.25, -0.2) is 0 Å². The molecule has 3 heterocycles. The van der Waals surface area contributed by atoms with Gasteiger partial charge in [0, 0.05) is 0 Å². The number of hydrogen-bond acceptors (Lipinski definition) is 8. The molecule has 0 bridgehead atoms. The van der Waals surface area contributed by atoms with Crippen LogP contribution >= 0.6 is 0 Å². The molecule has 2 fully saturated rings. The Morgan fingerprint density at radius 2 is 1.61 bits per heavy atom. The van der Waals surface area contributed by atoms with Crippen molar-refractivity contribution in [3.63, 3.8) is 0 Å².